The number of aromatic nitrogens is 1. The van der Waals surface area contributed by atoms with Crippen molar-refractivity contribution in [1.82, 2.24) is 9.47 Å². The van der Waals surface area contributed by atoms with E-state index < -0.39 is 0 Å². The summed E-state index contributed by atoms with van der Waals surface area (Å²) in [6, 6.07) is 8.61. The highest BCUT2D eigenvalue weighted by Crippen LogP contribution is 2.47. The predicted octanol–water partition coefficient (Wildman–Crippen LogP) is 4.43. The Kier molecular flexibility index (Phi) is 3.60. The van der Waals surface area contributed by atoms with Gasteiger partial charge in [-0.2, -0.15) is 0 Å². The van der Waals surface area contributed by atoms with Crippen molar-refractivity contribution in [3.8, 4) is 0 Å². The van der Waals surface area contributed by atoms with Crippen LogP contribution in [0.4, 0.5) is 0 Å². The van der Waals surface area contributed by atoms with Gasteiger partial charge in [-0.1, -0.05) is 24.3 Å². The van der Waals surface area contributed by atoms with Crippen molar-refractivity contribution in [1.29, 1.82) is 0 Å². The molecule has 0 spiro atoms. The third-order valence-corrected chi connectivity index (χ3v) is 5.72. The van der Waals surface area contributed by atoms with Gasteiger partial charge in [-0.25, -0.2) is 0 Å². The molecular weight excluding hydrogens is 296 g/mol. The van der Waals surface area contributed by atoms with Crippen LogP contribution in [0, 0.1) is 6.92 Å². The molecule has 2 heterocycles. The number of nitrogens with zero attached hydrogens (tertiary/aromatic N) is 2. The number of aryl methyl sites for hydroxylation is 1. The second-order valence-corrected chi connectivity index (χ2v) is 6.93. The Morgan fingerprint density at radius 2 is 2.00 bits per heavy atom. The Morgan fingerprint density at radius 1 is 1.25 bits per heavy atom. The minimum absolute atomic E-state index is 0.0805. The molecule has 1 aliphatic carbocycles. The van der Waals surface area contributed by atoms with Crippen LogP contribution in [0.5, 0.6) is 0 Å². The van der Waals surface area contributed by atoms with Gasteiger partial charge in [0.2, 0.25) is 0 Å². The first-order valence-electron chi connectivity index (χ1n) is 8.82. The molecule has 0 fully saturated rings. The van der Waals surface area contributed by atoms with Crippen molar-refractivity contribution in [3.63, 3.8) is 0 Å². The highest BCUT2D eigenvalue weighted by Gasteiger charge is 2.41. The summed E-state index contributed by atoms with van der Waals surface area (Å²) >= 11 is 0. The highest BCUT2D eigenvalue weighted by molar-refractivity contribution is 5.99. The molecule has 0 saturated carbocycles. The van der Waals surface area contributed by atoms with E-state index in [9.17, 15) is 4.79 Å². The normalized spacial score (nSPS) is 20.8. The van der Waals surface area contributed by atoms with Crippen LogP contribution in [0.1, 0.15) is 43.0 Å². The molecule has 24 heavy (non-hydrogen) atoms. The molecule has 0 saturated heterocycles. The minimum Gasteiger partial charge on any atom is -0.348 e. The molecule has 1 aromatic heterocycles. The maximum absolute atomic E-state index is 13.0. The van der Waals surface area contributed by atoms with Crippen LogP contribution in [0.15, 0.2) is 48.1 Å². The lowest BCUT2D eigenvalue weighted by Crippen LogP contribution is -2.30. The molecule has 1 aromatic carbocycles. The minimum atomic E-state index is 0.0805. The Morgan fingerprint density at radius 3 is 2.79 bits per heavy atom. The first-order valence-corrected chi connectivity index (χ1v) is 8.82. The average Bonchev–Trinajstić information content (AvgIpc) is 3.02. The fourth-order valence-electron chi connectivity index (χ4n) is 4.51. The van der Waals surface area contributed by atoms with Gasteiger partial charge in [-0.05, 0) is 44.2 Å². The summed E-state index contributed by atoms with van der Waals surface area (Å²) in [5.41, 5.74) is 6.21. The Hall–Kier alpha value is -2.29. The summed E-state index contributed by atoms with van der Waals surface area (Å²) in [4.78, 5) is 15.0. The molecule has 0 N–H and O–H groups in total. The summed E-state index contributed by atoms with van der Waals surface area (Å²) in [7, 11) is 2.12. The molecule has 4 rings (SSSR count). The van der Waals surface area contributed by atoms with E-state index in [1.807, 2.05) is 11.0 Å². The van der Waals surface area contributed by atoms with Gasteiger partial charge in [0.15, 0.2) is 0 Å². The summed E-state index contributed by atoms with van der Waals surface area (Å²) < 4.78 is 2.25. The molecule has 1 amide bonds. The van der Waals surface area contributed by atoms with Gasteiger partial charge < -0.3 is 9.47 Å². The molecule has 0 bridgehead atoms. The first-order chi connectivity index (χ1) is 11.6. The third-order valence-electron chi connectivity index (χ3n) is 5.72. The van der Waals surface area contributed by atoms with Crippen LogP contribution in [0.3, 0.4) is 0 Å². The second kappa shape index (κ2) is 5.66. The molecule has 124 valence electrons. The van der Waals surface area contributed by atoms with E-state index in [-0.39, 0.29) is 11.9 Å². The largest absolute Gasteiger partial charge is 0.348 e. The molecule has 1 aliphatic heterocycles. The Balaban J connectivity index is 1.96. The van der Waals surface area contributed by atoms with Gasteiger partial charge in [-0.15, -0.1) is 6.58 Å². The highest BCUT2D eigenvalue weighted by atomic mass is 16.2. The van der Waals surface area contributed by atoms with Crippen molar-refractivity contribution < 1.29 is 4.79 Å². The zero-order chi connectivity index (χ0) is 16.8. The average molecular weight is 320 g/mol. The van der Waals surface area contributed by atoms with E-state index in [1.54, 1.807) is 0 Å². The molecular formula is C21H24N2O. The molecule has 0 radical (unpaired) electrons. The zero-order valence-corrected chi connectivity index (χ0v) is 14.5. The number of fused-ring (bicyclic) bond motifs is 1. The number of benzene rings is 1. The zero-order valence-electron chi connectivity index (χ0n) is 14.5. The smallest absolute Gasteiger partial charge is 0.250 e. The lowest BCUT2D eigenvalue weighted by atomic mass is 9.87. The van der Waals surface area contributed by atoms with Gasteiger partial charge >= 0.3 is 0 Å². The summed E-state index contributed by atoms with van der Waals surface area (Å²) in [5.74, 6) is 0.224. The van der Waals surface area contributed by atoms with Gasteiger partial charge in [-0.3, -0.25) is 4.79 Å². The van der Waals surface area contributed by atoms with E-state index in [4.69, 9.17) is 0 Å². The van der Waals surface area contributed by atoms with E-state index >= 15 is 0 Å². The molecule has 2 aliphatic rings. The van der Waals surface area contributed by atoms with Gasteiger partial charge in [0.05, 0.1) is 6.04 Å². The van der Waals surface area contributed by atoms with Gasteiger partial charge in [0, 0.05) is 41.3 Å². The first kappa shape index (κ1) is 15.3. The van der Waals surface area contributed by atoms with E-state index in [2.05, 4.69) is 49.4 Å². The second-order valence-electron chi connectivity index (χ2n) is 6.93. The third kappa shape index (κ3) is 2.00. The van der Waals surface area contributed by atoms with Crippen molar-refractivity contribution in [2.75, 3.05) is 6.54 Å². The quantitative estimate of drug-likeness (QED) is 0.768. The van der Waals surface area contributed by atoms with Gasteiger partial charge in [0.1, 0.15) is 0 Å². The Bertz CT molecular complexity index is 871. The monoisotopic (exact) mass is 320 g/mol. The summed E-state index contributed by atoms with van der Waals surface area (Å²) in [5, 5.41) is 1.27. The van der Waals surface area contributed by atoms with Crippen molar-refractivity contribution in [2.24, 2.45) is 7.05 Å². The number of carbonyl (C=O) groups excluding carboxylic acids is 1. The number of hydrogen-bond acceptors (Lipinski definition) is 1. The maximum Gasteiger partial charge on any atom is 0.250 e. The lowest BCUT2D eigenvalue weighted by molar-refractivity contribution is -0.126. The number of hydrogen-bond donors (Lipinski definition) is 0. The molecule has 3 heteroatoms. The fraction of sp³-hybridized carbons (Fsp3) is 0.381. The summed E-state index contributed by atoms with van der Waals surface area (Å²) in [6.45, 7) is 6.66. The SMILES string of the molecule is C=CCN1C(=O)C2=C(CCCC2)[C@@H]1c1c(C)n(C)c2ccccc12. The number of amides is 1. The Labute approximate surface area is 143 Å². The van der Waals surface area contributed by atoms with Crippen LogP contribution in [-0.4, -0.2) is 21.9 Å². The van der Waals surface area contributed by atoms with Crippen molar-refractivity contribution >= 4 is 16.8 Å². The summed E-state index contributed by atoms with van der Waals surface area (Å²) in [6.07, 6.45) is 6.15. The van der Waals surface area contributed by atoms with Crippen LogP contribution < -0.4 is 0 Å². The van der Waals surface area contributed by atoms with Crippen LogP contribution >= 0.6 is 0 Å². The fourth-order valence-corrected chi connectivity index (χ4v) is 4.51. The van der Waals surface area contributed by atoms with Crippen molar-refractivity contribution in [3.05, 3.63) is 59.3 Å². The molecule has 1 atom stereocenters. The van der Waals surface area contributed by atoms with Crippen molar-refractivity contribution in [2.45, 2.75) is 38.6 Å². The predicted molar refractivity (Wildman–Crippen MR) is 97.8 cm³/mol. The molecule has 3 nitrogen and oxygen atoms in total. The lowest BCUT2D eigenvalue weighted by Gasteiger charge is -2.27. The molecule has 2 aromatic rings. The van der Waals surface area contributed by atoms with Crippen LogP contribution in [0.25, 0.3) is 10.9 Å². The number of para-hydroxylation sites is 1. The van der Waals surface area contributed by atoms with E-state index in [0.717, 1.165) is 24.8 Å². The molecule has 0 unspecified atom stereocenters. The van der Waals surface area contributed by atoms with E-state index in [1.165, 1.54) is 34.2 Å². The standard InChI is InChI=1S/C21H24N2O/c1-4-13-23-20(15-9-5-6-10-16(15)21(23)24)19-14(2)22(3)18-12-8-7-11-17(18)19/h4,7-8,11-12,20H,1,5-6,9-10,13H2,2-3H3/t20-/m1/s1. The maximum atomic E-state index is 13.0. The van der Waals surface area contributed by atoms with E-state index in [0.29, 0.717) is 6.54 Å². The number of carbonyl (C=O) groups is 1. The topological polar surface area (TPSA) is 25.2 Å². The van der Waals surface area contributed by atoms with Crippen LogP contribution in [0.2, 0.25) is 0 Å². The van der Waals surface area contributed by atoms with Crippen LogP contribution in [-0.2, 0) is 11.8 Å². The number of rotatable bonds is 3. The van der Waals surface area contributed by atoms with Gasteiger partial charge in [0.25, 0.3) is 5.91 Å².